The minimum absolute atomic E-state index is 0. The Balaban J connectivity index is 0.00000300. The van der Waals surface area contributed by atoms with E-state index < -0.39 is 0 Å². The van der Waals surface area contributed by atoms with Crippen molar-refractivity contribution in [1.29, 1.82) is 0 Å². The number of carbonyl (C=O) groups excluding carboxylic acids is 1. The van der Waals surface area contributed by atoms with Crippen molar-refractivity contribution in [3.8, 4) is 0 Å². The van der Waals surface area contributed by atoms with Gasteiger partial charge in [-0.3, -0.25) is 4.79 Å². The Hall–Kier alpha value is -1.88. The molecule has 0 aliphatic carbocycles. The molecule has 29 heavy (non-hydrogen) atoms. The third-order valence-electron chi connectivity index (χ3n) is 5.90. The molecule has 1 heterocycles. The lowest BCUT2D eigenvalue weighted by atomic mass is 9.71. The number of halogens is 1. The number of benzene rings is 2. The summed E-state index contributed by atoms with van der Waals surface area (Å²) in [5.74, 6) is 0.0193. The highest BCUT2D eigenvalue weighted by Crippen LogP contribution is 2.38. The molecule has 2 aromatic rings. The Labute approximate surface area is 181 Å². The highest BCUT2D eigenvalue weighted by atomic mass is 35.5. The van der Waals surface area contributed by atoms with E-state index in [1.165, 1.54) is 5.56 Å². The zero-order valence-electron chi connectivity index (χ0n) is 17.7. The Bertz CT molecular complexity index is 771. The first-order chi connectivity index (χ1) is 13.5. The number of nitrogens with one attached hydrogen (secondary N) is 1. The van der Waals surface area contributed by atoms with Crippen LogP contribution in [0.15, 0.2) is 54.6 Å². The van der Waals surface area contributed by atoms with Crippen LogP contribution in [0.25, 0.3) is 0 Å². The fraction of sp³-hybridized carbons (Fsp3) is 0.458. The van der Waals surface area contributed by atoms with Gasteiger partial charge in [0.15, 0.2) is 0 Å². The molecule has 0 radical (unpaired) electrons. The lowest BCUT2D eigenvalue weighted by molar-refractivity contribution is -0.115. The molecule has 1 amide bonds. The molecule has 0 saturated carbocycles. The van der Waals surface area contributed by atoms with Crippen LogP contribution in [0.3, 0.4) is 0 Å². The van der Waals surface area contributed by atoms with E-state index in [2.05, 4.69) is 42.3 Å². The number of amides is 1. The van der Waals surface area contributed by atoms with Crippen LogP contribution in [0.1, 0.15) is 37.8 Å². The number of piperidine rings is 1. The molecule has 1 N–H and O–H groups in total. The maximum atomic E-state index is 12.7. The standard InChI is InChI=1S/C24H32N2O2.ClH/c1-19(2)26-15-13-24(14-16-26,18-28-3)22-12-8-7-9-20(22)17-23(27)25-21-10-5-4-6-11-21;/h4-12,19H,13-18H2,1-3H3,(H,25,27);1H. The average Bonchev–Trinajstić information content (AvgIpc) is 2.69. The molecule has 0 atom stereocenters. The molecule has 1 fully saturated rings. The quantitative estimate of drug-likeness (QED) is 0.712. The molecule has 5 heteroatoms. The molecule has 1 saturated heterocycles. The number of anilines is 1. The van der Waals surface area contributed by atoms with Gasteiger partial charge in [-0.2, -0.15) is 0 Å². The SMILES string of the molecule is COCC1(c2ccccc2CC(=O)Nc2ccccc2)CCN(C(C)C)CC1.Cl. The smallest absolute Gasteiger partial charge is 0.228 e. The first-order valence-electron chi connectivity index (χ1n) is 10.2. The molecule has 158 valence electrons. The Morgan fingerprint density at radius 2 is 1.69 bits per heavy atom. The summed E-state index contributed by atoms with van der Waals surface area (Å²) in [4.78, 5) is 15.2. The Kier molecular flexibility index (Phi) is 8.69. The fourth-order valence-corrected chi connectivity index (χ4v) is 4.33. The molecule has 2 aromatic carbocycles. The van der Waals surface area contributed by atoms with Crippen LogP contribution in [0.2, 0.25) is 0 Å². The van der Waals surface area contributed by atoms with Gasteiger partial charge in [-0.25, -0.2) is 0 Å². The van der Waals surface area contributed by atoms with Gasteiger partial charge < -0.3 is 15.0 Å². The van der Waals surface area contributed by atoms with Crippen molar-refractivity contribution in [1.82, 2.24) is 4.90 Å². The summed E-state index contributed by atoms with van der Waals surface area (Å²) in [5.41, 5.74) is 3.18. The average molecular weight is 417 g/mol. The third-order valence-corrected chi connectivity index (χ3v) is 5.90. The summed E-state index contributed by atoms with van der Waals surface area (Å²) >= 11 is 0. The summed E-state index contributed by atoms with van der Waals surface area (Å²) in [5, 5.41) is 3.01. The van der Waals surface area contributed by atoms with Crippen molar-refractivity contribution in [2.45, 2.75) is 44.6 Å². The van der Waals surface area contributed by atoms with Crippen LogP contribution in [-0.4, -0.2) is 43.7 Å². The van der Waals surface area contributed by atoms with Gasteiger partial charge in [0.2, 0.25) is 5.91 Å². The number of hydrogen-bond donors (Lipinski definition) is 1. The third kappa shape index (κ3) is 5.81. The summed E-state index contributed by atoms with van der Waals surface area (Å²) in [6.45, 7) is 7.32. The van der Waals surface area contributed by atoms with E-state index in [1.54, 1.807) is 7.11 Å². The summed E-state index contributed by atoms with van der Waals surface area (Å²) in [6.07, 6.45) is 2.48. The molecule has 0 unspecified atom stereocenters. The first-order valence-corrected chi connectivity index (χ1v) is 10.2. The Morgan fingerprint density at radius 3 is 2.31 bits per heavy atom. The van der Waals surface area contributed by atoms with Gasteiger partial charge in [0, 0.05) is 24.3 Å². The van der Waals surface area contributed by atoms with Crippen molar-refractivity contribution in [3.05, 3.63) is 65.7 Å². The summed E-state index contributed by atoms with van der Waals surface area (Å²) in [6, 6.07) is 18.6. The molecule has 0 spiro atoms. The minimum atomic E-state index is -0.0240. The number of carbonyl (C=O) groups is 1. The summed E-state index contributed by atoms with van der Waals surface area (Å²) in [7, 11) is 1.78. The van der Waals surface area contributed by atoms with Crippen LogP contribution in [-0.2, 0) is 21.4 Å². The number of methoxy groups -OCH3 is 1. The molecular formula is C24H33ClN2O2. The zero-order valence-corrected chi connectivity index (χ0v) is 18.5. The molecule has 1 aliphatic rings. The Morgan fingerprint density at radius 1 is 1.07 bits per heavy atom. The maximum absolute atomic E-state index is 12.7. The minimum Gasteiger partial charge on any atom is -0.384 e. The highest BCUT2D eigenvalue weighted by molar-refractivity contribution is 5.92. The number of nitrogens with zero attached hydrogens (tertiary/aromatic N) is 1. The fourth-order valence-electron chi connectivity index (χ4n) is 4.33. The topological polar surface area (TPSA) is 41.6 Å². The first kappa shape index (κ1) is 23.4. The predicted molar refractivity (Wildman–Crippen MR) is 122 cm³/mol. The van der Waals surface area contributed by atoms with Crippen LogP contribution in [0, 0.1) is 0 Å². The van der Waals surface area contributed by atoms with Crippen LogP contribution >= 0.6 is 12.4 Å². The number of likely N-dealkylation sites (tertiary alicyclic amines) is 1. The van der Waals surface area contributed by atoms with Crippen molar-refractivity contribution in [2.75, 3.05) is 32.1 Å². The second-order valence-electron chi connectivity index (χ2n) is 8.09. The number of ether oxygens (including phenoxy) is 1. The lowest BCUT2D eigenvalue weighted by Gasteiger charge is -2.44. The van der Waals surface area contributed by atoms with E-state index in [1.807, 2.05) is 36.4 Å². The number of para-hydroxylation sites is 1. The van der Waals surface area contributed by atoms with E-state index in [0.29, 0.717) is 19.1 Å². The van der Waals surface area contributed by atoms with Crippen molar-refractivity contribution < 1.29 is 9.53 Å². The highest BCUT2D eigenvalue weighted by Gasteiger charge is 2.38. The number of rotatable bonds is 7. The summed E-state index contributed by atoms with van der Waals surface area (Å²) < 4.78 is 5.67. The largest absolute Gasteiger partial charge is 0.384 e. The second kappa shape index (κ2) is 10.8. The van der Waals surface area contributed by atoms with E-state index in [9.17, 15) is 4.79 Å². The maximum Gasteiger partial charge on any atom is 0.228 e. The van der Waals surface area contributed by atoms with Crippen LogP contribution < -0.4 is 5.32 Å². The van der Waals surface area contributed by atoms with E-state index in [4.69, 9.17) is 4.74 Å². The second-order valence-corrected chi connectivity index (χ2v) is 8.09. The van der Waals surface area contributed by atoms with Crippen LogP contribution in [0.4, 0.5) is 5.69 Å². The van der Waals surface area contributed by atoms with Crippen molar-refractivity contribution in [2.24, 2.45) is 0 Å². The van der Waals surface area contributed by atoms with E-state index >= 15 is 0 Å². The predicted octanol–water partition coefficient (Wildman–Crippen LogP) is 4.68. The van der Waals surface area contributed by atoms with Crippen molar-refractivity contribution in [3.63, 3.8) is 0 Å². The zero-order chi connectivity index (χ0) is 20.0. The van der Waals surface area contributed by atoms with E-state index in [-0.39, 0.29) is 23.7 Å². The van der Waals surface area contributed by atoms with Gasteiger partial charge in [-0.05, 0) is 63.0 Å². The molecule has 0 aromatic heterocycles. The molecule has 4 nitrogen and oxygen atoms in total. The van der Waals surface area contributed by atoms with Gasteiger partial charge in [0.1, 0.15) is 0 Å². The van der Waals surface area contributed by atoms with Gasteiger partial charge in [-0.1, -0.05) is 42.5 Å². The number of hydrogen-bond acceptors (Lipinski definition) is 3. The van der Waals surface area contributed by atoms with Crippen molar-refractivity contribution >= 4 is 24.0 Å². The molecule has 1 aliphatic heterocycles. The van der Waals surface area contributed by atoms with Gasteiger partial charge in [0.25, 0.3) is 0 Å². The van der Waals surface area contributed by atoms with Crippen LogP contribution in [0.5, 0.6) is 0 Å². The molecular weight excluding hydrogens is 384 g/mol. The van der Waals surface area contributed by atoms with Gasteiger partial charge in [0.05, 0.1) is 13.0 Å². The monoisotopic (exact) mass is 416 g/mol. The van der Waals surface area contributed by atoms with Gasteiger partial charge >= 0.3 is 0 Å². The normalized spacial score (nSPS) is 16.3. The lowest BCUT2D eigenvalue weighted by Crippen LogP contribution is -2.47. The molecule has 3 rings (SSSR count). The van der Waals surface area contributed by atoms with E-state index in [0.717, 1.165) is 37.2 Å². The molecule has 0 bridgehead atoms. The van der Waals surface area contributed by atoms with Gasteiger partial charge in [-0.15, -0.1) is 12.4 Å².